The van der Waals surface area contributed by atoms with Gasteiger partial charge < -0.3 is 14.9 Å². The third kappa shape index (κ3) is 5.01. The number of hydrogen-bond donors (Lipinski definition) is 2. The first-order valence-corrected chi connectivity index (χ1v) is 18.1. The molecule has 5 aliphatic carbocycles. The molecule has 0 amide bonds. The van der Waals surface area contributed by atoms with Crippen molar-refractivity contribution in [1.82, 2.24) is 0 Å². The molecule has 256 valence electrons. The number of ketones is 1. The van der Waals surface area contributed by atoms with Crippen molar-refractivity contribution in [2.45, 2.75) is 112 Å². The molecule has 10 atom stereocenters. The van der Waals surface area contributed by atoms with Crippen molar-refractivity contribution in [3.8, 4) is 0 Å². The summed E-state index contributed by atoms with van der Waals surface area (Å²) in [7, 11) is 0. The van der Waals surface area contributed by atoms with Crippen LogP contribution in [0.1, 0.15) is 122 Å². The van der Waals surface area contributed by atoms with Gasteiger partial charge >= 0.3 is 11.9 Å². The first-order chi connectivity index (χ1) is 22.0. The molecule has 47 heavy (non-hydrogen) atoms. The molecule has 0 aromatic heterocycles. The molecule has 0 aliphatic heterocycles. The molecule has 0 spiro atoms. The van der Waals surface area contributed by atoms with Crippen LogP contribution in [0.2, 0.25) is 0 Å². The molecule has 6 heteroatoms. The van der Waals surface area contributed by atoms with Gasteiger partial charge in [0.25, 0.3) is 0 Å². The Morgan fingerprint density at radius 2 is 1.60 bits per heavy atom. The first-order valence-electron chi connectivity index (χ1n) is 18.1. The molecule has 0 radical (unpaired) electrons. The summed E-state index contributed by atoms with van der Waals surface area (Å²) in [5.74, 6) is -0.000800. The van der Waals surface area contributed by atoms with Gasteiger partial charge in [-0.3, -0.25) is 9.59 Å². The van der Waals surface area contributed by atoms with Gasteiger partial charge in [-0.15, -0.1) is 0 Å². The van der Waals surface area contributed by atoms with Gasteiger partial charge in [-0.1, -0.05) is 64.1 Å². The molecule has 5 fully saturated rings. The van der Waals surface area contributed by atoms with Crippen LogP contribution in [0, 0.1) is 56.7 Å². The quantitative estimate of drug-likeness (QED) is 0.134. The van der Waals surface area contributed by atoms with Gasteiger partial charge in [-0.05, 0) is 136 Å². The van der Waals surface area contributed by atoms with E-state index < -0.39 is 11.4 Å². The second-order valence-electron chi connectivity index (χ2n) is 17.4. The van der Waals surface area contributed by atoms with Gasteiger partial charge in [0.05, 0.1) is 18.1 Å². The van der Waals surface area contributed by atoms with Crippen LogP contribution in [-0.2, 0) is 14.3 Å². The molecule has 1 aromatic rings. The van der Waals surface area contributed by atoms with E-state index in [4.69, 9.17) is 4.74 Å². The lowest BCUT2D eigenvalue weighted by Gasteiger charge is -2.73. The lowest BCUT2D eigenvalue weighted by Crippen LogP contribution is -2.69. The first kappa shape index (κ1) is 34.1. The SMILES string of the molecule is C=C(C)[C@@H]1CC[C@]2(C(=O)O)CC[C@]3(COC(=O)/C=C/c4ccc(C(C)=O)cc4)C(CC[C@@H]4[C@@]5(C)CC[C@H](O)C(C)(C)C5CC[C@]43C)C12. The standard InChI is InChI=1S/C41H56O6/c1-25(2)29-16-21-40(36(45)46)22-23-41(24-47-34(44)15-10-27-8-11-28(12-9-27)26(3)42)30(35(29)40)13-14-32-38(6)19-18-33(43)37(4,5)31(38)17-20-39(32,41)7/h8-12,15,29-33,35,43H,1,13-14,16-24H2,2-7H3,(H,45,46)/b15-10+/t29-,30?,31?,32+,33-,35?,38-,39+,40-,41-/m0/s1. The van der Waals surface area contributed by atoms with Crippen molar-refractivity contribution < 1.29 is 29.3 Å². The monoisotopic (exact) mass is 644 g/mol. The predicted molar refractivity (Wildman–Crippen MR) is 183 cm³/mol. The van der Waals surface area contributed by atoms with Crippen molar-refractivity contribution in [3.05, 3.63) is 53.6 Å². The molecular weight excluding hydrogens is 588 g/mol. The summed E-state index contributed by atoms with van der Waals surface area (Å²) in [5, 5.41) is 22.0. The number of carboxylic acids is 1. The van der Waals surface area contributed by atoms with Crippen molar-refractivity contribution >= 4 is 23.8 Å². The topological polar surface area (TPSA) is 101 Å². The largest absolute Gasteiger partial charge is 0.481 e. The third-order valence-corrected chi connectivity index (χ3v) is 15.3. The summed E-state index contributed by atoms with van der Waals surface area (Å²) in [6.07, 6.45) is 11.6. The number of benzene rings is 1. The second-order valence-corrected chi connectivity index (χ2v) is 17.4. The Morgan fingerprint density at radius 1 is 0.894 bits per heavy atom. The molecule has 1 aromatic carbocycles. The van der Waals surface area contributed by atoms with E-state index in [0.29, 0.717) is 36.8 Å². The zero-order valence-electron chi connectivity index (χ0n) is 29.4. The molecule has 6 rings (SSSR count). The molecule has 5 saturated carbocycles. The number of aliphatic carboxylic acids is 1. The third-order valence-electron chi connectivity index (χ3n) is 15.3. The van der Waals surface area contributed by atoms with Gasteiger partial charge in [0.1, 0.15) is 0 Å². The number of aliphatic hydroxyl groups is 1. The number of fused-ring (bicyclic) bond motifs is 7. The molecule has 0 saturated heterocycles. The van der Waals surface area contributed by atoms with E-state index in [1.165, 1.54) is 13.0 Å². The highest BCUT2D eigenvalue weighted by Crippen LogP contribution is 2.77. The number of Topliss-reactive ketones (excluding diaryl/α,β-unsaturated/α-hetero) is 1. The summed E-state index contributed by atoms with van der Waals surface area (Å²) in [5.41, 5.74) is 1.17. The van der Waals surface area contributed by atoms with Crippen LogP contribution in [0.3, 0.4) is 0 Å². The van der Waals surface area contributed by atoms with E-state index >= 15 is 0 Å². The van der Waals surface area contributed by atoms with Crippen molar-refractivity contribution in [3.63, 3.8) is 0 Å². The number of aliphatic hydroxyl groups excluding tert-OH is 1. The van der Waals surface area contributed by atoms with Crippen LogP contribution in [0.5, 0.6) is 0 Å². The van der Waals surface area contributed by atoms with E-state index in [-0.39, 0.29) is 57.3 Å². The number of carbonyl (C=O) groups is 3. The Kier molecular flexibility index (Phi) is 8.50. The molecule has 3 unspecified atom stereocenters. The van der Waals surface area contributed by atoms with E-state index in [2.05, 4.69) is 41.2 Å². The fraction of sp³-hybridized carbons (Fsp3) is 0.683. The lowest BCUT2D eigenvalue weighted by atomic mass is 9.32. The predicted octanol–water partition coefficient (Wildman–Crippen LogP) is 8.53. The van der Waals surface area contributed by atoms with Crippen LogP contribution in [0.25, 0.3) is 6.08 Å². The van der Waals surface area contributed by atoms with Gasteiger partial charge in [-0.25, -0.2) is 4.79 Å². The Balaban J connectivity index is 1.37. The minimum atomic E-state index is -0.755. The number of carbonyl (C=O) groups excluding carboxylic acids is 2. The number of carboxylic acid groups (broad SMARTS) is 1. The second kappa shape index (κ2) is 11.7. The molecule has 0 heterocycles. The Morgan fingerprint density at radius 3 is 2.23 bits per heavy atom. The number of hydrogen-bond acceptors (Lipinski definition) is 5. The van der Waals surface area contributed by atoms with Gasteiger partial charge in [0.15, 0.2) is 5.78 Å². The summed E-state index contributed by atoms with van der Waals surface area (Å²) < 4.78 is 6.31. The van der Waals surface area contributed by atoms with E-state index in [1.807, 2.05) is 12.1 Å². The maximum Gasteiger partial charge on any atom is 0.330 e. The van der Waals surface area contributed by atoms with Gasteiger partial charge in [0, 0.05) is 17.1 Å². The minimum absolute atomic E-state index is 0.000518. The number of esters is 1. The number of allylic oxidation sites excluding steroid dienone is 1. The fourth-order valence-corrected chi connectivity index (χ4v) is 12.9. The van der Waals surface area contributed by atoms with Crippen LogP contribution in [0.15, 0.2) is 42.5 Å². The maximum absolute atomic E-state index is 13.5. The maximum atomic E-state index is 13.5. The van der Waals surface area contributed by atoms with Crippen molar-refractivity contribution in [1.29, 1.82) is 0 Å². The van der Waals surface area contributed by atoms with Crippen LogP contribution >= 0.6 is 0 Å². The smallest absolute Gasteiger partial charge is 0.330 e. The number of ether oxygens (including phenoxy) is 1. The molecule has 0 bridgehead atoms. The van der Waals surface area contributed by atoms with Crippen LogP contribution in [0.4, 0.5) is 0 Å². The van der Waals surface area contributed by atoms with E-state index in [9.17, 15) is 24.6 Å². The summed E-state index contributed by atoms with van der Waals surface area (Å²) in [6, 6.07) is 7.18. The Bertz CT molecular complexity index is 1470. The van der Waals surface area contributed by atoms with Gasteiger partial charge in [0.2, 0.25) is 0 Å². The van der Waals surface area contributed by atoms with Gasteiger partial charge in [-0.2, -0.15) is 0 Å². The highest BCUT2D eigenvalue weighted by Gasteiger charge is 2.73. The Labute approximate surface area is 281 Å². The molecule has 5 aliphatic rings. The van der Waals surface area contributed by atoms with E-state index in [0.717, 1.165) is 62.5 Å². The summed E-state index contributed by atoms with van der Waals surface area (Å²) in [6.45, 7) is 17.7. The number of rotatable bonds is 7. The molecule has 2 N–H and O–H groups in total. The normalized spacial score (nSPS) is 42.0. The van der Waals surface area contributed by atoms with Crippen molar-refractivity contribution in [2.75, 3.05) is 6.61 Å². The van der Waals surface area contributed by atoms with Crippen molar-refractivity contribution in [2.24, 2.45) is 56.7 Å². The van der Waals surface area contributed by atoms with E-state index in [1.54, 1.807) is 18.2 Å². The van der Waals surface area contributed by atoms with Crippen LogP contribution in [-0.4, -0.2) is 40.6 Å². The molecular formula is C41H56O6. The minimum Gasteiger partial charge on any atom is -0.481 e. The fourth-order valence-electron chi connectivity index (χ4n) is 12.9. The average molecular weight is 645 g/mol. The summed E-state index contributed by atoms with van der Waals surface area (Å²) >= 11 is 0. The lowest BCUT2D eigenvalue weighted by molar-refractivity contribution is -0.263. The summed E-state index contributed by atoms with van der Waals surface area (Å²) in [4.78, 5) is 38.3. The molecule has 6 nitrogen and oxygen atoms in total. The zero-order chi connectivity index (χ0) is 34.2. The highest BCUT2D eigenvalue weighted by molar-refractivity contribution is 5.94. The highest BCUT2D eigenvalue weighted by atomic mass is 16.5. The zero-order valence-corrected chi connectivity index (χ0v) is 29.4. The average Bonchev–Trinajstić information content (AvgIpc) is 3.43. The van der Waals surface area contributed by atoms with Crippen LogP contribution < -0.4 is 0 Å². The Hall–Kier alpha value is -2.73.